The van der Waals surface area contributed by atoms with Crippen molar-refractivity contribution in [2.75, 3.05) is 7.11 Å². The maximum absolute atomic E-state index is 14.1. The third-order valence-electron chi connectivity index (χ3n) is 4.86. The molecule has 0 bridgehead atoms. The van der Waals surface area contributed by atoms with E-state index in [0.717, 1.165) is 12.1 Å². The lowest BCUT2D eigenvalue weighted by atomic mass is 10.1. The lowest BCUT2D eigenvalue weighted by Gasteiger charge is -2.03. The molecule has 0 unspecified atom stereocenters. The zero-order chi connectivity index (χ0) is 23.4. The first-order valence-corrected chi connectivity index (χ1v) is 9.93. The summed E-state index contributed by atoms with van der Waals surface area (Å²) in [5.41, 5.74) is 2.02. The van der Waals surface area contributed by atoms with Gasteiger partial charge in [-0.05, 0) is 77.0 Å². The third kappa shape index (κ3) is 5.23. The summed E-state index contributed by atoms with van der Waals surface area (Å²) < 4.78 is 60.0. The molecule has 0 radical (unpaired) electrons. The molecule has 33 heavy (non-hydrogen) atoms. The number of ether oxygens (including phenoxy) is 1. The minimum absolute atomic E-state index is 0.110. The van der Waals surface area contributed by atoms with Gasteiger partial charge in [-0.1, -0.05) is 29.7 Å². The Balaban J connectivity index is 1.52. The van der Waals surface area contributed by atoms with Gasteiger partial charge in [0, 0.05) is 23.8 Å². The number of methoxy groups -OCH3 is 1. The number of halogens is 4. The van der Waals surface area contributed by atoms with E-state index in [-0.39, 0.29) is 12.2 Å². The Kier molecular flexibility index (Phi) is 6.45. The van der Waals surface area contributed by atoms with Crippen LogP contribution in [0.2, 0.25) is 0 Å². The van der Waals surface area contributed by atoms with Gasteiger partial charge in [0.1, 0.15) is 11.6 Å². The van der Waals surface area contributed by atoms with Crippen LogP contribution in [0.25, 0.3) is 10.8 Å². The average Bonchev–Trinajstić information content (AvgIpc) is 2.79. The molecule has 0 saturated heterocycles. The van der Waals surface area contributed by atoms with E-state index in [1.165, 1.54) is 19.2 Å². The van der Waals surface area contributed by atoms with E-state index in [1.54, 1.807) is 42.5 Å². The first kappa shape index (κ1) is 22.1. The van der Waals surface area contributed by atoms with Gasteiger partial charge in [-0.15, -0.1) is 0 Å². The molecule has 0 fully saturated rings. The highest BCUT2D eigenvalue weighted by Crippen LogP contribution is 2.20. The van der Waals surface area contributed by atoms with Gasteiger partial charge in [0.25, 0.3) is 0 Å². The number of rotatable bonds is 2. The highest BCUT2D eigenvalue weighted by molar-refractivity contribution is 5.84. The number of hydrogen-bond donors (Lipinski definition) is 0. The topological polar surface area (TPSA) is 9.23 Å². The van der Waals surface area contributed by atoms with E-state index in [1.807, 2.05) is 0 Å². The van der Waals surface area contributed by atoms with Crippen molar-refractivity contribution in [2.45, 2.75) is 6.61 Å². The molecule has 0 aromatic heterocycles. The Labute approximate surface area is 188 Å². The van der Waals surface area contributed by atoms with Crippen LogP contribution in [-0.4, -0.2) is 7.11 Å². The molecule has 0 aliphatic heterocycles. The fraction of sp³-hybridized carbons (Fsp3) is 0.0714. The molecular formula is C28H16F4O. The lowest BCUT2D eigenvalue weighted by Crippen LogP contribution is -1.96. The maximum Gasteiger partial charge on any atom is 0.159 e. The van der Waals surface area contributed by atoms with Gasteiger partial charge < -0.3 is 4.74 Å². The van der Waals surface area contributed by atoms with Gasteiger partial charge in [0.2, 0.25) is 0 Å². The molecule has 4 rings (SSSR count). The Morgan fingerprint density at radius 1 is 0.576 bits per heavy atom. The predicted molar refractivity (Wildman–Crippen MR) is 119 cm³/mol. The number of hydrogen-bond acceptors (Lipinski definition) is 1. The highest BCUT2D eigenvalue weighted by atomic mass is 19.2. The smallest absolute Gasteiger partial charge is 0.159 e. The van der Waals surface area contributed by atoms with Crippen molar-refractivity contribution in [1.82, 2.24) is 0 Å². The molecule has 4 aromatic carbocycles. The molecule has 0 amide bonds. The van der Waals surface area contributed by atoms with Crippen LogP contribution in [-0.2, 0) is 11.3 Å². The first-order chi connectivity index (χ1) is 15.9. The van der Waals surface area contributed by atoms with E-state index >= 15 is 0 Å². The minimum atomic E-state index is -0.907. The Hall–Kier alpha value is -4.06. The van der Waals surface area contributed by atoms with Crippen molar-refractivity contribution in [3.05, 3.63) is 118 Å². The summed E-state index contributed by atoms with van der Waals surface area (Å²) in [6, 6.07) is 16.7. The van der Waals surface area contributed by atoms with E-state index in [0.29, 0.717) is 33.0 Å². The van der Waals surface area contributed by atoms with E-state index in [2.05, 4.69) is 23.7 Å². The molecule has 4 aromatic rings. The monoisotopic (exact) mass is 444 g/mol. The Morgan fingerprint density at radius 3 is 1.70 bits per heavy atom. The van der Waals surface area contributed by atoms with Crippen LogP contribution in [0, 0.1) is 47.0 Å². The molecule has 0 atom stereocenters. The Bertz CT molecular complexity index is 1440. The second kappa shape index (κ2) is 9.61. The molecule has 5 heteroatoms. The molecule has 0 saturated carbocycles. The van der Waals surface area contributed by atoms with Gasteiger partial charge in [0.05, 0.1) is 12.2 Å². The molecule has 0 spiro atoms. The third-order valence-corrected chi connectivity index (χ3v) is 4.86. The summed E-state index contributed by atoms with van der Waals surface area (Å²) in [7, 11) is 1.45. The van der Waals surface area contributed by atoms with Crippen molar-refractivity contribution < 1.29 is 22.3 Å². The standard InChI is InChI=1S/C28H16F4O/c1-33-17-21-13-25(29)24(26(30)14-21)11-9-19-4-2-18(3-5-19)6-7-20-8-10-22-15-27(31)28(32)16-23(22)12-20/h2-5,8,10,12-16H,17H2,1H3. The van der Waals surface area contributed by atoms with Crippen LogP contribution >= 0.6 is 0 Å². The van der Waals surface area contributed by atoms with Crippen molar-refractivity contribution in [3.8, 4) is 23.7 Å². The van der Waals surface area contributed by atoms with E-state index in [4.69, 9.17) is 4.74 Å². The van der Waals surface area contributed by atoms with Crippen LogP contribution < -0.4 is 0 Å². The fourth-order valence-corrected chi connectivity index (χ4v) is 3.23. The quantitative estimate of drug-likeness (QED) is 0.259. The molecule has 0 aliphatic rings. The summed E-state index contributed by atoms with van der Waals surface area (Å²) in [4.78, 5) is 0. The van der Waals surface area contributed by atoms with Crippen LogP contribution in [0.15, 0.2) is 66.7 Å². The molecule has 0 heterocycles. The molecule has 162 valence electrons. The summed E-state index contributed by atoms with van der Waals surface area (Å²) in [5, 5.41) is 1.14. The zero-order valence-corrected chi connectivity index (χ0v) is 17.5. The average molecular weight is 444 g/mol. The van der Waals surface area contributed by atoms with Crippen molar-refractivity contribution in [1.29, 1.82) is 0 Å². The molecule has 1 nitrogen and oxygen atoms in total. The first-order valence-electron chi connectivity index (χ1n) is 9.93. The number of fused-ring (bicyclic) bond motifs is 1. The second-order valence-electron chi connectivity index (χ2n) is 7.27. The van der Waals surface area contributed by atoms with Crippen LogP contribution in [0.5, 0.6) is 0 Å². The maximum atomic E-state index is 14.1. The highest BCUT2D eigenvalue weighted by Gasteiger charge is 2.09. The van der Waals surface area contributed by atoms with Gasteiger partial charge in [-0.25, -0.2) is 17.6 Å². The normalized spacial score (nSPS) is 10.3. The Morgan fingerprint density at radius 2 is 1.09 bits per heavy atom. The summed E-state index contributed by atoms with van der Waals surface area (Å²) >= 11 is 0. The predicted octanol–water partition coefficient (Wildman–Crippen LogP) is 6.34. The second-order valence-corrected chi connectivity index (χ2v) is 7.27. The van der Waals surface area contributed by atoms with Gasteiger partial charge in [0.15, 0.2) is 11.6 Å². The van der Waals surface area contributed by atoms with Crippen molar-refractivity contribution >= 4 is 10.8 Å². The van der Waals surface area contributed by atoms with E-state index < -0.39 is 23.3 Å². The van der Waals surface area contributed by atoms with Crippen molar-refractivity contribution in [2.24, 2.45) is 0 Å². The fourth-order valence-electron chi connectivity index (χ4n) is 3.23. The molecular weight excluding hydrogens is 428 g/mol. The van der Waals surface area contributed by atoms with Crippen LogP contribution in [0.1, 0.15) is 27.8 Å². The summed E-state index contributed by atoms with van der Waals surface area (Å²) in [6.45, 7) is 0.110. The largest absolute Gasteiger partial charge is 0.380 e. The van der Waals surface area contributed by atoms with Gasteiger partial charge >= 0.3 is 0 Å². The SMILES string of the molecule is COCc1cc(F)c(C#Cc2ccc(C#Cc3ccc4cc(F)c(F)cc4c3)cc2)c(F)c1. The van der Waals surface area contributed by atoms with Crippen molar-refractivity contribution in [3.63, 3.8) is 0 Å². The number of benzene rings is 4. The van der Waals surface area contributed by atoms with E-state index in [9.17, 15) is 17.6 Å². The summed E-state index contributed by atoms with van der Waals surface area (Å²) in [5.74, 6) is 7.98. The summed E-state index contributed by atoms with van der Waals surface area (Å²) in [6.07, 6.45) is 0. The van der Waals surface area contributed by atoms with Crippen LogP contribution in [0.4, 0.5) is 17.6 Å². The van der Waals surface area contributed by atoms with Crippen LogP contribution in [0.3, 0.4) is 0 Å². The lowest BCUT2D eigenvalue weighted by molar-refractivity contribution is 0.184. The molecule has 0 aliphatic carbocycles. The molecule has 0 N–H and O–H groups in total. The zero-order valence-electron chi connectivity index (χ0n) is 17.5. The van der Waals surface area contributed by atoms with Gasteiger partial charge in [-0.3, -0.25) is 0 Å². The van der Waals surface area contributed by atoms with Gasteiger partial charge in [-0.2, -0.15) is 0 Å². The minimum Gasteiger partial charge on any atom is -0.380 e.